The molecule has 5 heteroatoms. The van der Waals surface area contributed by atoms with E-state index in [-0.39, 0.29) is 17.9 Å². The summed E-state index contributed by atoms with van der Waals surface area (Å²) in [5.41, 5.74) is 4.04. The van der Waals surface area contributed by atoms with Gasteiger partial charge in [0.2, 0.25) is 0 Å². The molecule has 1 amide bonds. The number of nitrogens with zero attached hydrogens (tertiary/aromatic N) is 2. The van der Waals surface area contributed by atoms with E-state index in [0.29, 0.717) is 11.3 Å². The van der Waals surface area contributed by atoms with Crippen LogP contribution < -0.4 is 5.32 Å². The lowest BCUT2D eigenvalue weighted by Gasteiger charge is -2.16. The maximum Gasteiger partial charge on any atom is 0.257 e. The highest BCUT2D eigenvalue weighted by molar-refractivity contribution is 5.97. The standard InChI is InChI=1S/C19H21N3O2/c1-11(2)17-16-9-14(10-20-19(16)24-22-17)18(23)21-13(4)15-8-6-5-7-12(15)3/h5-11,13H,1-4H3,(H,21,23). The molecule has 0 fully saturated rings. The normalized spacial score (nSPS) is 12.5. The van der Waals surface area contributed by atoms with Gasteiger partial charge in [0.25, 0.3) is 11.6 Å². The first-order valence-electron chi connectivity index (χ1n) is 8.09. The van der Waals surface area contributed by atoms with E-state index in [1.54, 1.807) is 6.07 Å². The van der Waals surface area contributed by atoms with E-state index in [9.17, 15) is 4.79 Å². The minimum Gasteiger partial charge on any atom is -0.345 e. The lowest BCUT2D eigenvalue weighted by Crippen LogP contribution is -2.27. The van der Waals surface area contributed by atoms with Crippen molar-refractivity contribution in [2.45, 2.75) is 39.7 Å². The lowest BCUT2D eigenvalue weighted by atomic mass is 10.0. The summed E-state index contributed by atoms with van der Waals surface area (Å²) in [6.45, 7) is 8.08. The molecule has 0 spiro atoms. The van der Waals surface area contributed by atoms with Crippen LogP contribution in [0.1, 0.15) is 59.9 Å². The van der Waals surface area contributed by atoms with Crippen molar-refractivity contribution in [1.82, 2.24) is 15.5 Å². The summed E-state index contributed by atoms with van der Waals surface area (Å²) in [6.07, 6.45) is 1.53. The van der Waals surface area contributed by atoms with Gasteiger partial charge in [-0.2, -0.15) is 0 Å². The van der Waals surface area contributed by atoms with Gasteiger partial charge in [0.1, 0.15) is 0 Å². The molecule has 0 saturated heterocycles. The van der Waals surface area contributed by atoms with Crippen LogP contribution in [0.15, 0.2) is 41.1 Å². The van der Waals surface area contributed by atoms with Crippen LogP contribution >= 0.6 is 0 Å². The van der Waals surface area contributed by atoms with Crippen LogP contribution in [0.2, 0.25) is 0 Å². The second-order valence-corrected chi connectivity index (χ2v) is 6.35. The Labute approximate surface area is 141 Å². The highest BCUT2D eigenvalue weighted by atomic mass is 16.5. The number of carbonyl (C=O) groups is 1. The van der Waals surface area contributed by atoms with Gasteiger partial charge in [-0.1, -0.05) is 43.3 Å². The van der Waals surface area contributed by atoms with Gasteiger partial charge in [-0.25, -0.2) is 4.98 Å². The molecule has 0 radical (unpaired) electrons. The molecule has 0 aliphatic carbocycles. The Hall–Kier alpha value is -2.69. The third-order valence-electron chi connectivity index (χ3n) is 4.17. The number of rotatable bonds is 4. The fraction of sp³-hybridized carbons (Fsp3) is 0.316. The summed E-state index contributed by atoms with van der Waals surface area (Å²) >= 11 is 0. The molecule has 3 aromatic rings. The summed E-state index contributed by atoms with van der Waals surface area (Å²) in [7, 11) is 0. The average Bonchev–Trinajstić information content (AvgIpc) is 2.98. The first-order chi connectivity index (χ1) is 11.5. The van der Waals surface area contributed by atoms with Gasteiger partial charge >= 0.3 is 0 Å². The molecule has 1 N–H and O–H groups in total. The quantitative estimate of drug-likeness (QED) is 0.783. The van der Waals surface area contributed by atoms with E-state index in [0.717, 1.165) is 22.2 Å². The molecule has 24 heavy (non-hydrogen) atoms. The Bertz CT molecular complexity index is 883. The van der Waals surface area contributed by atoms with Crippen molar-refractivity contribution >= 4 is 17.0 Å². The Morgan fingerprint density at radius 2 is 1.96 bits per heavy atom. The molecule has 1 aromatic carbocycles. The fourth-order valence-corrected chi connectivity index (χ4v) is 2.82. The van der Waals surface area contributed by atoms with E-state index in [1.165, 1.54) is 6.20 Å². The van der Waals surface area contributed by atoms with Crippen LogP contribution in [0.25, 0.3) is 11.1 Å². The molecule has 2 aromatic heterocycles. The summed E-state index contributed by atoms with van der Waals surface area (Å²) in [4.78, 5) is 16.8. The number of carbonyl (C=O) groups excluding carboxylic acids is 1. The SMILES string of the molecule is Cc1ccccc1C(C)NC(=O)c1cnc2onc(C(C)C)c2c1. The Morgan fingerprint density at radius 3 is 2.67 bits per heavy atom. The summed E-state index contributed by atoms with van der Waals surface area (Å²) in [5, 5.41) is 7.87. The number of aryl methyl sites for hydroxylation is 1. The summed E-state index contributed by atoms with van der Waals surface area (Å²) in [5.74, 6) is 0.0494. The predicted molar refractivity (Wildman–Crippen MR) is 93.0 cm³/mol. The molecular formula is C19H21N3O2. The molecular weight excluding hydrogens is 302 g/mol. The number of nitrogens with one attached hydrogen (secondary N) is 1. The Kier molecular flexibility index (Phi) is 4.34. The van der Waals surface area contributed by atoms with Gasteiger partial charge in [-0.05, 0) is 37.0 Å². The van der Waals surface area contributed by atoms with Crippen molar-refractivity contribution in [2.75, 3.05) is 0 Å². The molecule has 0 bridgehead atoms. The van der Waals surface area contributed by atoms with Gasteiger partial charge in [-0.3, -0.25) is 4.79 Å². The second-order valence-electron chi connectivity index (χ2n) is 6.35. The minimum absolute atomic E-state index is 0.0820. The molecule has 2 heterocycles. The van der Waals surface area contributed by atoms with E-state index in [1.807, 2.05) is 52.0 Å². The third kappa shape index (κ3) is 3.02. The van der Waals surface area contributed by atoms with Crippen LogP contribution in [0.5, 0.6) is 0 Å². The third-order valence-corrected chi connectivity index (χ3v) is 4.17. The van der Waals surface area contributed by atoms with Crippen LogP contribution in [0.3, 0.4) is 0 Å². The number of fused-ring (bicyclic) bond motifs is 1. The van der Waals surface area contributed by atoms with Crippen molar-refractivity contribution in [1.29, 1.82) is 0 Å². The average molecular weight is 323 g/mol. The van der Waals surface area contributed by atoms with Gasteiger partial charge in [0.05, 0.1) is 22.7 Å². The molecule has 3 rings (SSSR count). The van der Waals surface area contributed by atoms with E-state index in [4.69, 9.17) is 4.52 Å². The number of hydrogen-bond acceptors (Lipinski definition) is 4. The van der Waals surface area contributed by atoms with Crippen molar-refractivity contribution < 1.29 is 9.32 Å². The molecule has 1 unspecified atom stereocenters. The molecule has 0 aliphatic rings. The number of pyridine rings is 1. The predicted octanol–water partition coefficient (Wildman–Crippen LogP) is 4.15. The van der Waals surface area contributed by atoms with Crippen molar-refractivity contribution in [3.8, 4) is 0 Å². The van der Waals surface area contributed by atoms with Crippen LogP contribution in [-0.2, 0) is 0 Å². The fourth-order valence-electron chi connectivity index (χ4n) is 2.82. The maximum atomic E-state index is 12.6. The second kappa shape index (κ2) is 6.43. The monoisotopic (exact) mass is 323 g/mol. The van der Waals surface area contributed by atoms with Crippen molar-refractivity contribution in [3.05, 3.63) is 58.9 Å². The van der Waals surface area contributed by atoms with Gasteiger partial charge in [0.15, 0.2) is 0 Å². The minimum atomic E-state index is -0.156. The van der Waals surface area contributed by atoms with Crippen molar-refractivity contribution in [2.24, 2.45) is 0 Å². The van der Waals surface area contributed by atoms with Crippen LogP contribution in [0, 0.1) is 6.92 Å². The maximum absolute atomic E-state index is 12.6. The van der Waals surface area contributed by atoms with Gasteiger partial charge in [0, 0.05) is 6.20 Å². The number of hydrogen-bond donors (Lipinski definition) is 1. The van der Waals surface area contributed by atoms with Crippen LogP contribution in [0.4, 0.5) is 0 Å². The first kappa shape index (κ1) is 16.2. The zero-order valence-electron chi connectivity index (χ0n) is 14.3. The van der Waals surface area contributed by atoms with E-state index in [2.05, 4.69) is 15.5 Å². The van der Waals surface area contributed by atoms with Crippen LogP contribution in [-0.4, -0.2) is 16.0 Å². The Morgan fingerprint density at radius 1 is 1.21 bits per heavy atom. The lowest BCUT2D eigenvalue weighted by molar-refractivity contribution is 0.0939. The summed E-state index contributed by atoms with van der Waals surface area (Å²) < 4.78 is 5.22. The molecule has 124 valence electrons. The smallest absolute Gasteiger partial charge is 0.257 e. The van der Waals surface area contributed by atoms with Gasteiger partial charge in [-0.15, -0.1) is 0 Å². The zero-order chi connectivity index (χ0) is 17.3. The highest BCUT2D eigenvalue weighted by Crippen LogP contribution is 2.24. The summed E-state index contributed by atoms with van der Waals surface area (Å²) in [6, 6.07) is 9.75. The number of benzene rings is 1. The first-order valence-corrected chi connectivity index (χ1v) is 8.09. The van der Waals surface area contributed by atoms with E-state index < -0.39 is 0 Å². The topological polar surface area (TPSA) is 68.0 Å². The largest absolute Gasteiger partial charge is 0.345 e. The molecule has 0 saturated carbocycles. The zero-order valence-corrected chi connectivity index (χ0v) is 14.3. The number of aromatic nitrogens is 2. The molecule has 1 atom stereocenters. The molecule has 5 nitrogen and oxygen atoms in total. The van der Waals surface area contributed by atoms with Crippen molar-refractivity contribution in [3.63, 3.8) is 0 Å². The van der Waals surface area contributed by atoms with E-state index >= 15 is 0 Å². The molecule has 0 aliphatic heterocycles. The number of amides is 1. The van der Waals surface area contributed by atoms with Gasteiger partial charge < -0.3 is 9.84 Å². The Balaban J connectivity index is 1.86. The highest BCUT2D eigenvalue weighted by Gasteiger charge is 2.17.